The minimum absolute atomic E-state index is 0.265. The van der Waals surface area contributed by atoms with E-state index in [2.05, 4.69) is 15.6 Å². The van der Waals surface area contributed by atoms with E-state index in [1.54, 1.807) is 23.0 Å². The number of aromatic nitrogens is 4. The van der Waals surface area contributed by atoms with Gasteiger partial charge in [-0.05, 0) is 18.9 Å². The monoisotopic (exact) mass is 404 g/mol. The number of nitrogens with zero attached hydrogens (tertiary/aromatic N) is 4. The molecular formula is C22H20N4O2S. The number of hydrogen-bond donors (Lipinski definition) is 0. The Labute approximate surface area is 171 Å². The molecule has 3 aromatic heterocycles. The summed E-state index contributed by atoms with van der Waals surface area (Å²) in [6.07, 6.45) is 3.01. The minimum atomic E-state index is -0.323. The Bertz CT molecular complexity index is 1420. The SMILES string of the molecule is Cc1csc(C2=CCCn3c(-c4ccccc4)c4c(=O)n(C)c(=O)n(C)c4c32)n1. The van der Waals surface area contributed by atoms with Crippen LogP contribution in [0.2, 0.25) is 0 Å². The highest BCUT2D eigenvalue weighted by molar-refractivity contribution is 7.10. The van der Waals surface area contributed by atoms with E-state index in [0.717, 1.165) is 46.2 Å². The van der Waals surface area contributed by atoms with E-state index < -0.39 is 0 Å². The second-order valence-electron chi connectivity index (χ2n) is 7.34. The predicted molar refractivity (Wildman–Crippen MR) is 116 cm³/mol. The molecule has 0 saturated carbocycles. The molecule has 7 heteroatoms. The van der Waals surface area contributed by atoms with Crippen molar-refractivity contribution in [3.63, 3.8) is 0 Å². The first kappa shape index (κ1) is 17.9. The van der Waals surface area contributed by atoms with Gasteiger partial charge in [-0.25, -0.2) is 9.78 Å². The van der Waals surface area contributed by atoms with E-state index >= 15 is 0 Å². The smallest absolute Gasteiger partial charge is 0.331 e. The highest BCUT2D eigenvalue weighted by atomic mass is 32.1. The molecule has 0 atom stereocenters. The molecule has 0 radical (unpaired) electrons. The van der Waals surface area contributed by atoms with Crippen LogP contribution in [-0.4, -0.2) is 18.7 Å². The topological polar surface area (TPSA) is 61.8 Å². The van der Waals surface area contributed by atoms with E-state index in [1.165, 1.54) is 11.6 Å². The summed E-state index contributed by atoms with van der Waals surface area (Å²) in [5, 5.41) is 3.52. The Hall–Kier alpha value is -3.19. The van der Waals surface area contributed by atoms with Crippen molar-refractivity contribution in [2.45, 2.75) is 19.9 Å². The zero-order chi connectivity index (χ0) is 20.3. The summed E-state index contributed by atoms with van der Waals surface area (Å²) in [5.74, 6) is 0. The third kappa shape index (κ3) is 2.50. The maximum absolute atomic E-state index is 13.3. The van der Waals surface area contributed by atoms with Crippen LogP contribution in [0.1, 0.15) is 22.8 Å². The van der Waals surface area contributed by atoms with Gasteiger partial charge in [-0.3, -0.25) is 13.9 Å². The van der Waals surface area contributed by atoms with Crippen molar-refractivity contribution in [3.05, 3.63) is 79.0 Å². The molecule has 146 valence electrons. The molecule has 29 heavy (non-hydrogen) atoms. The van der Waals surface area contributed by atoms with Gasteiger partial charge in [0, 0.05) is 37.3 Å². The van der Waals surface area contributed by atoms with Gasteiger partial charge in [-0.1, -0.05) is 36.4 Å². The van der Waals surface area contributed by atoms with E-state index in [-0.39, 0.29) is 11.2 Å². The lowest BCUT2D eigenvalue weighted by Gasteiger charge is -2.19. The van der Waals surface area contributed by atoms with Crippen LogP contribution < -0.4 is 11.2 Å². The number of fused-ring (bicyclic) bond motifs is 3. The summed E-state index contributed by atoms with van der Waals surface area (Å²) in [7, 11) is 3.27. The Morgan fingerprint density at radius 1 is 1.03 bits per heavy atom. The summed E-state index contributed by atoms with van der Waals surface area (Å²) in [5.41, 5.74) is 4.78. The molecule has 1 aliphatic rings. The van der Waals surface area contributed by atoms with Crippen LogP contribution in [0.15, 0.2) is 51.4 Å². The molecule has 0 spiro atoms. The van der Waals surface area contributed by atoms with E-state index in [0.29, 0.717) is 10.9 Å². The van der Waals surface area contributed by atoms with Crippen molar-refractivity contribution in [1.82, 2.24) is 18.7 Å². The molecule has 0 N–H and O–H groups in total. The lowest BCUT2D eigenvalue weighted by molar-refractivity contribution is 0.695. The van der Waals surface area contributed by atoms with Gasteiger partial charge < -0.3 is 4.57 Å². The maximum atomic E-state index is 13.3. The molecule has 0 bridgehead atoms. The predicted octanol–water partition coefficient (Wildman–Crippen LogP) is 3.31. The molecule has 0 fully saturated rings. The Morgan fingerprint density at radius 3 is 2.48 bits per heavy atom. The second-order valence-corrected chi connectivity index (χ2v) is 8.20. The molecule has 4 heterocycles. The first-order chi connectivity index (χ1) is 14.0. The zero-order valence-electron chi connectivity index (χ0n) is 16.5. The second kappa shape index (κ2) is 6.42. The van der Waals surface area contributed by atoms with Gasteiger partial charge in [0.2, 0.25) is 0 Å². The van der Waals surface area contributed by atoms with Gasteiger partial charge in [0.05, 0.1) is 22.3 Å². The van der Waals surface area contributed by atoms with Crippen LogP contribution in [0.5, 0.6) is 0 Å². The van der Waals surface area contributed by atoms with Crippen molar-refractivity contribution in [2.75, 3.05) is 0 Å². The molecule has 6 nitrogen and oxygen atoms in total. The summed E-state index contributed by atoms with van der Waals surface area (Å²) in [4.78, 5) is 30.7. The van der Waals surface area contributed by atoms with E-state index in [9.17, 15) is 9.59 Å². The van der Waals surface area contributed by atoms with Crippen molar-refractivity contribution >= 4 is 27.8 Å². The minimum Gasteiger partial charge on any atom is -0.338 e. The molecule has 1 aliphatic heterocycles. The fourth-order valence-electron chi connectivity index (χ4n) is 4.20. The number of aryl methyl sites for hydroxylation is 2. The van der Waals surface area contributed by atoms with Crippen molar-refractivity contribution in [2.24, 2.45) is 14.1 Å². The molecule has 4 aromatic rings. The molecule has 0 amide bonds. The molecule has 0 aliphatic carbocycles. The number of hydrogen-bond acceptors (Lipinski definition) is 4. The van der Waals surface area contributed by atoms with Crippen LogP contribution >= 0.6 is 11.3 Å². The molecule has 0 unspecified atom stereocenters. The zero-order valence-corrected chi connectivity index (χ0v) is 17.3. The van der Waals surface area contributed by atoms with Crippen LogP contribution in [0.25, 0.3) is 27.7 Å². The number of benzene rings is 1. The first-order valence-corrected chi connectivity index (χ1v) is 10.4. The highest BCUT2D eigenvalue weighted by Gasteiger charge is 2.29. The maximum Gasteiger partial charge on any atom is 0.331 e. The van der Waals surface area contributed by atoms with Gasteiger partial charge in [-0.2, -0.15) is 0 Å². The van der Waals surface area contributed by atoms with Gasteiger partial charge in [0.15, 0.2) is 0 Å². The largest absolute Gasteiger partial charge is 0.338 e. The molecule has 0 saturated heterocycles. The van der Waals surface area contributed by atoms with Crippen LogP contribution in [0, 0.1) is 6.92 Å². The van der Waals surface area contributed by atoms with Gasteiger partial charge in [-0.15, -0.1) is 11.3 Å². The number of thiazole rings is 1. The molecule has 1 aromatic carbocycles. The summed E-state index contributed by atoms with van der Waals surface area (Å²) in [6, 6.07) is 9.92. The van der Waals surface area contributed by atoms with Gasteiger partial charge in [0.1, 0.15) is 5.01 Å². The Kier molecular flexibility index (Phi) is 3.96. The van der Waals surface area contributed by atoms with Gasteiger partial charge >= 0.3 is 5.69 Å². The fraction of sp³-hybridized carbons (Fsp3) is 0.227. The van der Waals surface area contributed by atoms with Crippen molar-refractivity contribution in [1.29, 1.82) is 0 Å². The summed E-state index contributed by atoms with van der Waals surface area (Å²) in [6.45, 7) is 2.72. The van der Waals surface area contributed by atoms with Gasteiger partial charge in [0.25, 0.3) is 5.56 Å². The number of allylic oxidation sites excluding steroid dienone is 1. The summed E-state index contributed by atoms with van der Waals surface area (Å²) >= 11 is 1.59. The third-order valence-electron chi connectivity index (χ3n) is 5.52. The average molecular weight is 404 g/mol. The Morgan fingerprint density at radius 2 is 1.79 bits per heavy atom. The van der Waals surface area contributed by atoms with Crippen LogP contribution in [0.3, 0.4) is 0 Å². The number of rotatable bonds is 2. The van der Waals surface area contributed by atoms with Crippen LogP contribution in [-0.2, 0) is 20.6 Å². The molecular weight excluding hydrogens is 384 g/mol. The quantitative estimate of drug-likeness (QED) is 0.515. The standard InChI is InChI=1S/C22H20N4O2S/c1-13-12-29-20(23-13)15-10-7-11-26-17(14-8-5-4-6-9-14)16-19(18(15)26)24(2)22(28)25(3)21(16)27/h4-6,8-10,12H,7,11H2,1-3H3. The highest BCUT2D eigenvalue weighted by Crippen LogP contribution is 2.40. The average Bonchev–Trinajstić information content (AvgIpc) is 3.32. The van der Waals surface area contributed by atoms with Crippen molar-refractivity contribution in [3.8, 4) is 11.3 Å². The van der Waals surface area contributed by atoms with Crippen molar-refractivity contribution < 1.29 is 0 Å². The lowest BCUT2D eigenvalue weighted by atomic mass is 10.1. The van der Waals surface area contributed by atoms with E-state index in [4.69, 9.17) is 0 Å². The van der Waals surface area contributed by atoms with E-state index in [1.807, 2.05) is 42.6 Å². The normalized spacial score (nSPS) is 13.6. The lowest BCUT2D eigenvalue weighted by Crippen LogP contribution is -2.36. The van der Waals surface area contributed by atoms with Crippen LogP contribution in [0.4, 0.5) is 0 Å². The first-order valence-electron chi connectivity index (χ1n) is 9.49. The molecule has 5 rings (SSSR count). The fourth-order valence-corrected chi connectivity index (χ4v) is 5.04. The Balaban J connectivity index is 1.99. The third-order valence-corrected chi connectivity index (χ3v) is 6.51. The summed E-state index contributed by atoms with van der Waals surface area (Å²) < 4.78 is 4.97.